The first-order valence-corrected chi connectivity index (χ1v) is 1.60. The third-order valence-electron chi connectivity index (χ3n) is 0. The van der Waals surface area contributed by atoms with Crippen LogP contribution >= 0.6 is 0 Å². The Morgan fingerprint density at radius 3 is 1.25 bits per heavy atom. The van der Waals surface area contributed by atoms with Crippen molar-refractivity contribution in [3.63, 3.8) is 0 Å². The first-order chi connectivity index (χ1) is 1.41. The molecule has 0 aromatic heterocycles. The summed E-state index contributed by atoms with van der Waals surface area (Å²) in [5.41, 5.74) is 0. The van der Waals surface area contributed by atoms with E-state index in [9.17, 15) is 7.05 Å². The normalized spacial score (nSPS) is 3.50. The van der Waals surface area contributed by atoms with Crippen LogP contribution in [0.5, 0.6) is 0 Å². The Hall–Kier alpha value is 1.96. The van der Waals surface area contributed by atoms with Crippen LogP contribution in [0.15, 0.2) is 0 Å². The van der Waals surface area contributed by atoms with Gasteiger partial charge in [-0.3, -0.25) is 0 Å². The first kappa shape index (κ1) is 9.35. The zero-order chi connectivity index (χ0) is 2.71. The molecule has 0 aromatic carbocycles. The maximum Gasteiger partial charge on any atom is 0.732 e. The number of rotatable bonds is 0. The summed E-state index contributed by atoms with van der Waals surface area (Å²) in [5, 5.41) is 0. The summed E-state index contributed by atoms with van der Waals surface area (Å²) in [6.07, 6.45) is 0. The summed E-state index contributed by atoms with van der Waals surface area (Å²) >= 11 is -2.58. The number of hydrogen-bond acceptors (Lipinski definition) is 0. The molecule has 0 atom stereocenters. The zero-order valence-corrected chi connectivity index (χ0v) is 2.88. The van der Waals surface area contributed by atoms with E-state index in [-0.39, 0.29) is 48.9 Å². The molecule has 0 saturated heterocycles. The van der Waals surface area contributed by atoms with E-state index in [4.69, 9.17) is 0 Å². The Morgan fingerprint density at radius 2 is 1.25 bits per heavy atom. The largest absolute Gasteiger partial charge is 0.732 e. The van der Waals surface area contributed by atoms with Crippen LogP contribution in [0.1, 0.15) is 0 Å². The van der Waals surface area contributed by atoms with E-state index in [1.54, 1.807) is 0 Å². The van der Waals surface area contributed by atoms with Crippen molar-refractivity contribution in [3.8, 4) is 0 Å². The third-order valence-corrected chi connectivity index (χ3v) is 0. The molecular weight excluding hydrogens is 202 g/mol. The quantitative estimate of drug-likeness (QED) is 0.458. The Kier molecular flexibility index (Phi) is 20.8. The van der Waals surface area contributed by atoms with Crippen molar-refractivity contribution in [1.82, 2.24) is 0 Å². The molecule has 0 nitrogen and oxygen atoms in total. The van der Waals surface area contributed by atoms with Crippen LogP contribution in [0.3, 0.4) is 0 Å². The van der Waals surface area contributed by atoms with Crippen LogP contribution in [0.4, 0.5) is 7.05 Å². The van der Waals surface area contributed by atoms with Gasteiger partial charge < -0.3 is 7.05 Å². The van der Waals surface area contributed by atoms with Crippen molar-refractivity contribution in [2.24, 2.45) is 0 Å². The standard InChI is InChI=1S/Al.Ba.2FH.3H/h;;2*1H;;;/q+2;;;;;;/p-2. The van der Waals surface area contributed by atoms with Gasteiger partial charge in [0.2, 0.25) is 0 Å². The summed E-state index contributed by atoms with van der Waals surface area (Å²) in [6, 6.07) is 0. The average molecular weight is 205 g/mol. The minimum absolute atomic E-state index is 0. The summed E-state index contributed by atoms with van der Waals surface area (Å²) < 4.78 is 19.5. The van der Waals surface area contributed by atoms with Gasteiger partial charge in [0.25, 0.3) is 0 Å². The molecule has 0 saturated carbocycles. The molecule has 0 N–H and O–H groups in total. The molecule has 0 amide bonds. The van der Waals surface area contributed by atoms with Crippen molar-refractivity contribution in [2.45, 2.75) is 0 Å². The van der Waals surface area contributed by atoms with Gasteiger partial charge in [0.05, 0.1) is 0 Å². The van der Waals surface area contributed by atoms with Crippen LogP contribution in [-0.2, 0) is 0 Å². The fourth-order valence-electron chi connectivity index (χ4n) is 0. The van der Waals surface area contributed by atoms with Crippen LogP contribution in [0.2, 0.25) is 0 Å². The van der Waals surface area contributed by atoms with E-state index in [1.807, 2.05) is 0 Å². The van der Waals surface area contributed by atoms with E-state index >= 15 is 0 Å². The number of hydrogen-bond donors (Lipinski definition) is 0. The molecule has 4 heteroatoms. The summed E-state index contributed by atoms with van der Waals surface area (Å²) in [5.74, 6) is 0. The van der Waals surface area contributed by atoms with Crippen molar-refractivity contribution in [1.29, 1.82) is 0 Å². The smallest absolute Gasteiger partial charge is 0.377 e. The Labute approximate surface area is 70.7 Å². The molecule has 0 spiro atoms. The van der Waals surface area contributed by atoms with Gasteiger partial charge in [0.15, 0.2) is 0 Å². The predicted molar refractivity (Wildman–Crippen MR) is 17.9 cm³/mol. The second-order valence-electron chi connectivity index (χ2n) is 0.101. The summed E-state index contributed by atoms with van der Waals surface area (Å²) in [6.45, 7) is 0. The van der Waals surface area contributed by atoms with Gasteiger partial charge in [-0.15, -0.1) is 0 Å². The SMILES string of the molecule is [BaH2].[F][AlH][F]. The van der Waals surface area contributed by atoms with Gasteiger partial charge in [-0.1, -0.05) is 0 Å². The molecule has 22 valence electrons. The van der Waals surface area contributed by atoms with E-state index in [0.717, 1.165) is 0 Å². The van der Waals surface area contributed by atoms with Crippen LogP contribution in [-0.4, -0.2) is 65.0 Å². The van der Waals surface area contributed by atoms with Crippen LogP contribution in [0.25, 0.3) is 0 Å². The molecular formula is H3AlBaF2. The Bertz CT molecular complexity index is 6.00. The second-order valence-corrected chi connectivity index (χ2v) is 0.303. The van der Waals surface area contributed by atoms with E-state index in [2.05, 4.69) is 0 Å². The van der Waals surface area contributed by atoms with Crippen molar-refractivity contribution < 1.29 is 7.05 Å². The molecule has 0 aliphatic rings. The molecule has 0 radical (unpaired) electrons. The molecule has 0 heterocycles. The molecule has 0 bridgehead atoms. The topological polar surface area (TPSA) is 0 Å². The first-order valence-electron chi connectivity index (χ1n) is 0.535. The van der Waals surface area contributed by atoms with Gasteiger partial charge in [-0.05, 0) is 0 Å². The van der Waals surface area contributed by atoms with Crippen molar-refractivity contribution >= 4 is 65.0 Å². The second kappa shape index (κ2) is 8.88. The number of halogens is 2. The van der Waals surface area contributed by atoms with Crippen LogP contribution < -0.4 is 0 Å². The minimum atomic E-state index is -2.58. The Balaban J connectivity index is 0. The molecule has 0 rings (SSSR count). The monoisotopic (exact) mass is 206 g/mol. The molecule has 0 aromatic rings. The van der Waals surface area contributed by atoms with E-state index in [1.165, 1.54) is 0 Å². The maximum atomic E-state index is 9.76. The van der Waals surface area contributed by atoms with E-state index in [0.29, 0.717) is 0 Å². The van der Waals surface area contributed by atoms with Gasteiger partial charge in [0.1, 0.15) is 0 Å². The van der Waals surface area contributed by atoms with E-state index < -0.39 is 16.1 Å². The predicted octanol–water partition coefficient (Wildman–Crippen LogP) is -0.724. The molecule has 0 fully saturated rings. The molecule has 4 heavy (non-hydrogen) atoms. The van der Waals surface area contributed by atoms with Gasteiger partial charge in [-0.25, -0.2) is 0 Å². The average Bonchev–Trinajstić information content (AvgIpc) is 0.918. The molecule has 0 aliphatic heterocycles. The van der Waals surface area contributed by atoms with Crippen LogP contribution in [0, 0.1) is 0 Å². The zero-order valence-electron chi connectivity index (χ0n) is 1.46. The van der Waals surface area contributed by atoms with Gasteiger partial charge in [-0.2, -0.15) is 0 Å². The summed E-state index contributed by atoms with van der Waals surface area (Å²) in [4.78, 5) is 0. The van der Waals surface area contributed by atoms with Crippen molar-refractivity contribution in [2.75, 3.05) is 0 Å². The Morgan fingerprint density at radius 1 is 1.25 bits per heavy atom. The minimum Gasteiger partial charge on any atom is -0.377 e. The fourth-order valence-corrected chi connectivity index (χ4v) is 0. The van der Waals surface area contributed by atoms with Gasteiger partial charge in [0, 0.05) is 0 Å². The molecule has 0 aliphatic carbocycles. The molecule has 0 unspecified atom stereocenters. The summed E-state index contributed by atoms with van der Waals surface area (Å²) in [7, 11) is 0. The van der Waals surface area contributed by atoms with Gasteiger partial charge >= 0.3 is 65.0 Å². The third kappa shape index (κ3) is 9.03. The maximum absolute atomic E-state index is 9.76. The fraction of sp³-hybridized carbons (Fsp3) is 0. The van der Waals surface area contributed by atoms with Crippen molar-refractivity contribution in [3.05, 3.63) is 0 Å².